The summed E-state index contributed by atoms with van der Waals surface area (Å²) in [5.41, 5.74) is 4.28. The van der Waals surface area contributed by atoms with Gasteiger partial charge in [0, 0.05) is 10.6 Å². The van der Waals surface area contributed by atoms with E-state index in [9.17, 15) is 23.4 Å². The fourth-order valence-electron chi connectivity index (χ4n) is 3.91. The summed E-state index contributed by atoms with van der Waals surface area (Å²) in [4.78, 5) is 9.96. The number of nitrogens with one attached hydrogen (secondary N) is 1. The molecule has 4 rings (SSSR count). The Labute approximate surface area is 181 Å². The van der Waals surface area contributed by atoms with E-state index in [1.165, 1.54) is 23.7 Å². The van der Waals surface area contributed by atoms with Gasteiger partial charge in [0.15, 0.2) is 0 Å². The number of nitrogens with two attached hydrogens (primary N) is 1. The summed E-state index contributed by atoms with van der Waals surface area (Å²) in [6, 6.07) is 4.81. The van der Waals surface area contributed by atoms with Crippen molar-refractivity contribution in [2.45, 2.75) is 56.5 Å². The Morgan fingerprint density at radius 2 is 1.90 bits per heavy atom. The molecule has 2 heterocycles. The number of benzene rings is 1. The smallest absolute Gasteiger partial charge is 0.399 e. The van der Waals surface area contributed by atoms with Crippen LogP contribution >= 0.6 is 11.3 Å². The maximum Gasteiger partial charge on any atom is 0.416 e. The SMILES string of the molecule is C[C@@H](Nc1ncnc2sc(C3(O)CCC(O)CC3)cc12)c1cc(N)cc(C(F)(F)F)c1. The maximum absolute atomic E-state index is 13.2. The number of rotatable bonds is 4. The molecule has 1 aliphatic carbocycles. The lowest BCUT2D eigenvalue weighted by Gasteiger charge is -2.33. The van der Waals surface area contributed by atoms with Crippen LogP contribution in [0.5, 0.6) is 0 Å². The van der Waals surface area contributed by atoms with Gasteiger partial charge in [-0.25, -0.2) is 9.97 Å². The number of alkyl halides is 3. The van der Waals surface area contributed by atoms with Gasteiger partial charge in [-0.05, 0) is 62.4 Å². The van der Waals surface area contributed by atoms with Gasteiger partial charge in [0.25, 0.3) is 0 Å². The van der Waals surface area contributed by atoms with Crippen molar-refractivity contribution in [2.24, 2.45) is 0 Å². The lowest BCUT2D eigenvalue weighted by atomic mass is 9.82. The van der Waals surface area contributed by atoms with Gasteiger partial charge in [0.2, 0.25) is 0 Å². The molecule has 0 unspecified atom stereocenters. The molecule has 166 valence electrons. The van der Waals surface area contributed by atoms with E-state index in [0.29, 0.717) is 47.3 Å². The summed E-state index contributed by atoms with van der Waals surface area (Å²) in [6.45, 7) is 1.73. The Bertz CT molecular complexity index is 1090. The van der Waals surface area contributed by atoms with Crippen molar-refractivity contribution in [3.05, 3.63) is 46.6 Å². The third kappa shape index (κ3) is 4.46. The average molecular weight is 453 g/mol. The van der Waals surface area contributed by atoms with Crippen LogP contribution in [0.4, 0.5) is 24.7 Å². The number of hydrogen-bond acceptors (Lipinski definition) is 7. The van der Waals surface area contributed by atoms with E-state index in [1.54, 1.807) is 6.92 Å². The van der Waals surface area contributed by atoms with Crippen molar-refractivity contribution in [1.82, 2.24) is 9.97 Å². The minimum absolute atomic E-state index is 0.0332. The van der Waals surface area contributed by atoms with Gasteiger partial charge in [-0.1, -0.05) is 0 Å². The predicted molar refractivity (Wildman–Crippen MR) is 114 cm³/mol. The third-order valence-electron chi connectivity index (χ3n) is 5.73. The summed E-state index contributed by atoms with van der Waals surface area (Å²) in [6.07, 6.45) is -1.55. The van der Waals surface area contributed by atoms with Crippen LogP contribution < -0.4 is 11.1 Å². The summed E-state index contributed by atoms with van der Waals surface area (Å²) in [5.74, 6) is 0.468. The number of aliphatic hydroxyl groups excluding tert-OH is 1. The van der Waals surface area contributed by atoms with E-state index in [1.807, 2.05) is 6.07 Å². The number of aromatic nitrogens is 2. The molecule has 5 N–H and O–H groups in total. The van der Waals surface area contributed by atoms with Gasteiger partial charge in [0.05, 0.1) is 28.7 Å². The lowest BCUT2D eigenvalue weighted by molar-refractivity contribution is -0.137. The Kier molecular flexibility index (Phi) is 5.57. The fourth-order valence-corrected chi connectivity index (χ4v) is 5.05. The van der Waals surface area contributed by atoms with Crippen molar-refractivity contribution in [2.75, 3.05) is 11.1 Å². The average Bonchev–Trinajstić information content (AvgIpc) is 3.15. The van der Waals surface area contributed by atoms with Crippen LogP contribution in [-0.2, 0) is 11.8 Å². The largest absolute Gasteiger partial charge is 0.416 e. The van der Waals surface area contributed by atoms with Crippen molar-refractivity contribution in [3.63, 3.8) is 0 Å². The van der Waals surface area contributed by atoms with Gasteiger partial charge in [0.1, 0.15) is 17.0 Å². The summed E-state index contributed by atoms with van der Waals surface area (Å²) in [5, 5.41) is 24.7. The monoisotopic (exact) mass is 452 g/mol. The first-order valence-corrected chi connectivity index (χ1v) is 10.8. The molecule has 0 saturated heterocycles. The number of thiophene rings is 1. The summed E-state index contributed by atoms with van der Waals surface area (Å²) < 4.78 is 39.5. The first-order valence-electron chi connectivity index (χ1n) is 9.95. The Morgan fingerprint density at radius 3 is 2.58 bits per heavy atom. The number of aliphatic hydroxyl groups is 2. The second-order valence-corrected chi connectivity index (χ2v) is 9.10. The molecule has 3 aromatic rings. The van der Waals surface area contributed by atoms with E-state index in [2.05, 4.69) is 15.3 Å². The number of anilines is 2. The van der Waals surface area contributed by atoms with Crippen LogP contribution in [0.15, 0.2) is 30.6 Å². The highest BCUT2D eigenvalue weighted by atomic mass is 32.1. The number of nitrogens with zero attached hydrogens (tertiary/aromatic N) is 2. The van der Waals surface area contributed by atoms with Crippen molar-refractivity contribution in [1.29, 1.82) is 0 Å². The zero-order valence-corrected chi connectivity index (χ0v) is 17.6. The van der Waals surface area contributed by atoms with Gasteiger partial charge >= 0.3 is 6.18 Å². The molecule has 0 aliphatic heterocycles. The van der Waals surface area contributed by atoms with Crippen molar-refractivity contribution < 1.29 is 23.4 Å². The molecule has 10 heteroatoms. The van der Waals surface area contributed by atoms with E-state index >= 15 is 0 Å². The number of hydrogen-bond donors (Lipinski definition) is 4. The highest BCUT2D eigenvalue weighted by Crippen LogP contribution is 2.43. The van der Waals surface area contributed by atoms with Gasteiger partial charge in [-0.15, -0.1) is 11.3 Å². The van der Waals surface area contributed by atoms with E-state index < -0.39 is 29.5 Å². The van der Waals surface area contributed by atoms with Gasteiger partial charge in [-0.2, -0.15) is 13.2 Å². The Balaban J connectivity index is 1.64. The molecule has 31 heavy (non-hydrogen) atoms. The van der Waals surface area contributed by atoms with Crippen molar-refractivity contribution in [3.8, 4) is 0 Å². The minimum atomic E-state index is -4.49. The molecule has 1 saturated carbocycles. The second kappa shape index (κ2) is 7.92. The molecule has 0 radical (unpaired) electrons. The Hall–Kier alpha value is -2.43. The standard InChI is InChI=1S/C21H23F3N4O2S/c1-11(12-6-13(21(22,23)24)8-14(25)7-12)28-18-16-9-17(31-19(16)27-10-26-18)20(30)4-2-15(29)3-5-20/h6-11,15,29-30H,2-5,25H2,1H3,(H,26,27,28)/t11-,15?,20?/m1/s1. The summed E-state index contributed by atoms with van der Waals surface area (Å²) >= 11 is 1.36. The molecule has 0 amide bonds. The van der Waals surface area contributed by atoms with Crippen LogP contribution in [-0.4, -0.2) is 26.3 Å². The highest BCUT2D eigenvalue weighted by molar-refractivity contribution is 7.18. The topological polar surface area (TPSA) is 104 Å². The summed E-state index contributed by atoms with van der Waals surface area (Å²) in [7, 11) is 0. The fraction of sp³-hybridized carbons (Fsp3) is 0.429. The molecule has 6 nitrogen and oxygen atoms in total. The van der Waals surface area contributed by atoms with Crippen LogP contribution in [0.3, 0.4) is 0 Å². The second-order valence-electron chi connectivity index (χ2n) is 8.07. The molecule has 1 aromatic carbocycles. The van der Waals surface area contributed by atoms with E-state index in [4.69, 9.17) is 5.73 Å². The van der Waals surface area contributed by atoms with Crippen molar-refractivity contribution >= 4 is 33.1 Å². The molecule has 1 aliphatic rings. The van der Waals surface area contributed by atoms with Crippen LogP contribution in [0, 0.1) is 0 Å². The molecule has 1 fully saturated rings. The predicted octanol–water partition coefficient (Wildman–Crippen LogP) is 4.59. The molecule has 0 spiro atoms. The molecular weight excluding hydrogens is 429 g/mol. The third-order valence-corrected chi connectivity index (χ3v) is 6.96. The zero-order valence-electron chi connectivity index (χ0n) is 16.8. The van der Waals surface area contributed by atoms with Gasteiger partial charge < -0.3 is 21.3 Å². The van der Waals surface area contributed by atoms with Crippen LogP contribution in [0.2, 0.25) is 0 Å². The lowest BCUT2D eigenvalue weighted by Crippen LogP contribution is -2.32. The molecule has 2 aromatic heterocycles. The normalized spacial score (nSPS) is 23.1. The first-order chi connectivity index (χ1) is 14.5. The van der Waals surface area contributed by atoms with E-state index in [0.717, 1.165) is 17.0 Å². The molecule has 1 atom stereocenters. The minimum Gasteiger partial charge on any atom is -0.399 e. The zero-order chi connectivity index (χ0) is 22.4. The number of halogens is 3. The number of nitrogen functional groups attached to an aromatic ring is 1. The molecule has 0 bridgehead atoms. The van der Waals surface area contributed by atoms with Crippen LogP contribution in [0.25, 0.3) is 10.2 Å². The quantitative estimate of drug-likeness (QED) is 0.432. The maximum atomic E-state index is 13.2. The highest BCUT2D eigenvalue weighted by Gasteiger charge is 2.36. The van der Waals surface area contributed by atoms with Crippen LogP contribution in [0.1, 0.15) is 54.7 Å². The number of fused-ring (bicyclic) bond motifs is 1. The van der Waals surface area contributed by atoms with Gasteiger partial charge in [-0.3, -0.25) is 0 Å². The van der Waals surface area contributed by atoms with E-state index in [-0.39, 0.29) is 5.69 Å². The first kappa shape index (κ1) is 21.8. The Morgan fingerprint density at radius 1 is 1.19 bits per heavy atom. The molecular formula is C21H23F3N4O2S.